The second kappa shape index (κ2) is 6.45. The summed E-state index contributed by atoms with van der Waals surface area (Å²) < 4.78 is 17.8. The molecule has 0 aliphatic carbocycles. The SMILES string of the molecule is Fc1ccc2c(c1)c1nc3ccccc3nc1n2Cc1cn(-c2ccccc2)nn1. The fraction of sp³-hybridized carbons (Fsp3) is 0.0435. The maximum atomic E-state index is 14.0. The summed E-state index contributed by atoms with van der Waals surface area (Å²) in [6.45, 7) is 0.450. The van der Waals surface area contributed by atoms with Crippen LogP contribution in [0.5, 0.6) is 0 Å². The van der Waals surface area contributed by atoms with Crippen molar-refractivity contribution in [1.82, 2.24) is 29.5 Å². The Morgan fingerprint density at radius 3 is 2.43 bits per heavy atom. The van der Waals surface area contributed by atoms with Gasteiger partial charge in [0.25, 0.3) is 0 Å². The lowest BCUT2D eigenvalue weighted by atomic mass is 10.2. The van der Waals surface area contributed by atoms with Crippen molar-refractivity contribution in [2.45, 2.75) is 6.54 Å². The second-order valence-corrected chi connectivity index (χ2v) is 7.12. The molecule has 6 nitrogen and oxygen atoms in total. The average Bonchev–Trinajstić information content (AvgIpc) is 3.36. The van der Waals surface area contributed by atoms with E-state index in [0.717, 1.165) is 33.3 Å². The quantitative estimate of drug-likeness (QED) is 0.443. The zero-order chi connectivity index (χ0) is 20.1. The van der Waals surface area contributed by atoms with Crippen LogP contribution in [-0.2, 0) is 6.54 Å². The topological polar surface area (TPSA) is 61.4 Å². The number of hydrogen-bond acceptors (Lipinski definition) is 4. The summed E-state index contributed by atoms with van der Waals surface area (Å²) >= 11 is 0. The Morgan fingerprint density at radius 2 is 1.60 bits per heavy atom. The predicted molar refractivity (Wildman–Crippen MR) is 113 cm³/mol. The molecule has 0 N–H and O–H groups in total. The van der Waals surface area contributed by atoms with Crippen LogP contribution >= 0.6 is 0 Å². The lowest BCUT2D eigenvalue weighted by Gasteiger charge is -2.04. The number of hydrogen-bond donors (Lipinski definition) is 0. The Balaban J connectivity index is 1.54. The van der Waals surface area contributed by atoms with Crippen LogP contribution in [0.1, 0.15) is 5.69 Å². The van der Waals surface area contributed by atoms with Gasteiger partial charge in [-0.25, -0.2) is 19.0 Å². The Labute approximate surface area is 170 Å². The van der Waals surface area contributed by atoms with Crippen molar-refractivity contribution in [3.63, 3.8) is 0 Å². The van der Waals surface area contributed by atoms with Crippen LogP contribution in [0.4, 0.5) is 4.39 Å². The largest absolute Gasteiger partial charge is 0.318 e. The van der Waals surface area contributed by atoms with Crippen LogP contribution in [-0.4, -0.2) is 29.5 Å². The van der Waals surface area contributed by atoms with Crippen molar-refractivity contribution in [3.05, 3.63) is 90.5 Å². The van der Waals surface area contributed by atoms with E-state index < -0.39 is 0 Å². The standard InChI is InChI=1S/C23H15FN6/c24-15-10-11-21-18(12-15)22-23(26-20-9-5-4-8-19(20)25-22)29(21)13-16-14-30(28-27-16)17-6-2-1-3-7-17/h1-12,14H,13H2. The Hall–Kier alpha value is -4.13. The molecule has 6 aromatic rings. The number of aromatic nitrogens is 6. The summed E-state index contributed by atoms with van der Waals surface area (Å²) in [6.07, 6.45) is 1.89. The van der Waals surface area contributed by atoms with Crippen molar-refractivity contribution in [1.29, 1.82) is 0 Å². The van der Waals surface area contributed by atoms with Gasteiger partial charge < -0.3 is 4.57 Å². The highest BCUT2D eigenvalue weighted by atomic mass is 19.1. The van der Waals surface area contributed by atoms with Gasteiger partial charge in [-0.2, -0.15) is 0 Å². The van der Waals surface area contributed by atoms with E-state index in [-0.39, 0.29) is 5.82 Å². The van der Waals surface area contributed by atoms with Gasteiger partial charge in [-0.15, -0.1) is 5.10 Å². The summed E-state index contributed by atoms with van der Waals surface area (Å²) in [4.78, 5) is 9.60. The zero-order valence-electron chi connectivity index (χ0n) is 15.8. The molecule has 3 aromatic heterocycles. The van der Waals surface area contributed by atoms with Crippen molar-refractivity contribution >= 4 is 33.1 Å². The molecular formula is C23H15FN6. The van der Waals surface area contributed by atoms with Crippen molar-refractivity contribution in [3.8, 4) is 5.69 Å². The number of rotatable bonds is 3. The Kier molecular flexibility index (Phi) is 3.61. The number of benzene rings is 3. The van der Waals surface area contributed by atoms with E-state index in [1.165, 1.54) is 12.1 Å². The number of para-hydroxylation sites is 3. The fourth-order valence-corrected chi connectivity index (χ4v) is 3.81. The first-order valence-corrected chi connectivity index (χ1v) is 9.57. The van der Waals surface area contributed by atoms with Crippen molar-refractivity contribution < 1.29 is 4.39 Å². The zero-order valence-corrected chi connectivity index (χ0v) is 15.8. The molecule has 0 unspecified atom stereocenters. The molecule has 0 radical (unpaired) electrons. The summed E-state index contributed by atoms with van der Waals surface area (Å²) in [5, 5.41) is 9.31. The molecule has 0 fully saturated rings. The normalized spacial score (nSPS) is 11.6. The highest BCUT2D eigenvalue weighted by Gasteiger charge is 2.16. The first-order chi connectivity index (χ1) is 14.8. The van der Waals surface area contributed by atoms with Crippen LogP contribution < -0.4 is 0 Å². The molecule has 3 aromatic carbocycles. The number of nitrogens with zero attached hydrogens (tertiary/aromatic N) is 6. The third kappa shape index (κ3) is 2.63. The van der Waals surface area contributed by atoms with Gasteiger partial charge in [0.15, 0.2) is 5.65 Å². The first kappa shape index (κ1) is 16.8. The maximum absolute atomic E-state index is 14.0. The lowest BCUT2D eigenvalue weighted by molar-refractivity contribution is 0.629. The van der Waals surface area contributed by atoms with E-state index >= 15 is 0 Å². The average molecular weight is 394 g/mol. The first-order valence-electron chi connectivity index (χ1n) is 9.57. The van der Waals surface area contributed by atoms with Gasteiger partial charge in [-0.3, -0.25) is 0 Å². The van der Waals surface area contributed by atoms with E-state index in [4.69, 9.17) is 9.97 Å². The molecule has 0 bridgehead atoms. The van der Waals surface area contributed by atoms with Gasteiger partial charge in [-0.1, -0.05) is 35.5 Å². The molecule has 0 saturated carbocycles. The minimum Gasteiger partial charge on any atom is -0.318 e. The van der Waals surface area contributed by atoms with Crippen LogP contribution in [0, 0.1) is 5.82 Å². The van der Waals surface area contributed by atoms with Gasteiger partial charge in [-0.05, 0) is 42.5 Å². The second-order valence-electron chi connectivity index (χ2n) is 7.12. The lowest BCUT2D eigenvalue weighted by Crippen LogP contribution is -2.01. The molecule has 0 saturated heterocycles. The highest BCUT2D eigenvalue weighted by Crippen LogP contribution is 2.29. The molecular weight excluding hydrogens is 379 g/mol. The van der Waals surface area contributed by atoms with Crippen LogP contribution in [0.3, 0.4) is 0 Å². The Bertz CT molecular complexity index is 1530. The smallest absolute Gasteiger partial charge is 0.160 e. The van der Waals surface area contributed by atoms with Crippen molar-refractivity contribution in [2.24, 2.45) is 0 Å². The van der Waals surface area contributed by atoms with Gasteiger partial charge in [0.1, 0.15) is 17.0 Å². The summed E-state index contributed by atoms with van der Waals surface area (Å²) in [5.74, 6) is -0.300. The number of fused-ring (bicyclic) bond motifs is 4. The molecule has 0 aliphatic rings. The summed E-state index contributed by atoms with van der Waals surface area (Å²) in [5.41, 5.74) is 5.52. The molecule has 0 spiro atoms. The molecule has 144 valence electrons. The minimum absolute atomic E-state index is 0.300. The third-order valence-electron chi connectivity index (χ3n) is 5.19. The van der Waals surface area contributed by atoms with Crippen LogP contribution in [0.2, 0.25) is 0 Å². The van der Waals surface area contributed by atoms with E-state index in [0.29, 0.717) is 17.7 Å². The highest BCUT2D eigenvalue weighted by molar-refractivity contribution is 6.06. The maximum Gasteiger partial charge on any atom is 0.160 e. The van der Waals surface area contributed by atoms with Gasteiger partial charge in [0.2, 0.25) is 0 Å². The van der Waals surface area contributed by atoms with Crippen LogP contribution in [0.15, 0.2) is 79.0 Å². The van der Waals surface area contributed by atoms with Gasteiger partial charge in [0, 0.05) is 5.39 Å². The molecule has 3 heterocycles. The molecule has 0 amide bonds. The van der Waals surface area contributed by atoms with Gasteiger partial charge in [0.05, 0.1) is 35.0 Å². The molecule has 7 heteroatoms. The van der Waals surface area contributed by atoms with E-state index in [2.05, 4.69) is 10.3 Å². The third-order valence-corrected chi connectivity index (χ3v) is 5.19. The van der Waals surface area contributed by atoms with Gasteiger partial charge >= 0.3 is 0 Å². The molecule has 0 atom stereocenters. The minimum atomic E-state index is -0.300. The predicted octanol–water partition coefficient (Wildman–Crippen LogP) is 4.51. The fourth-order valence-electron chi connectivity index (χ4n) is 3.81. The number of halogens is 1. The molecule has 6 rings (SSSR count). The van der Waals surface area contributed by atoms with E-state index in [1.54, 1.807) is 10.7 Å². The molecule has 0 aliphatic heterocycles. The van der Waals surface area contributed by atoms with E-state index in [1.807, 2.05) is 65.4 Å². The van der Waals surface area contributed by atoms with Crippen molar-refractivity contribution in [2.75, 3.05) is 0 Å². The Morgan fingerprint density at radius 1 is 0.833 bits per heavy atom. The molecule has 30 heavy (non-hydrogen) atoms. The monoisotopic (exact) mass is 394 g/mol. The van der Waals surface area contributed by atoms with Crippen LogP contribution in [0.25, 0.3) is 38.8 Å². The van der Waals surface area contributed by atoms with E-state index in [9.17, 15) is 4.39 Å². The summed E-state index contributed by atoms with van der Waals surface area (Å²) in [6, 6.07) is 22.2. The summed E-state index contributed by atoms with van der Waals surface area (Å²) in [7, 11) is 0.